The molecule has 3 nitrogen and oxygen atoms in total. The third-order valence-corrected chi connectivity index (χ3v) is 4.17. The van der Waals surface area contributed by atoms with Crippen LogP contribution in [0.15, 0.2) is 12.1 Å². The van der Waals surface area contributed by atoms with Gasteiger partial charge in [-0.25, -0.2) is 4.39 Å². The molecule has 1 fully saturated rings. The van der Waals surface area contributed by atoms with Gasteiger partial charge in [0.1, 0.15) is 5.82 Å². The molecule has 1 aromatic carbocycles. The molecule has 0 spiro atoms. The van der Waals surface area contributed by atoms with Crippen molar-refractivity contribution in [1.82, 2.24) is 4.90 Å². The molecule has 0 unspecified atom stereocenters. The zero-order chi connectivity index (χ0) is 13.3. The van der Waals surface area contributed by atoms with E-state index in [0.717, 1.165) is 12.2 Å². The average Bonchev–Trinajstić information content (AvgIpc) is 2.23. The smallest absolute Gasteiger partial charge is 0.128 e. The van der Waals surface area contributed by atoms with Crippen molar-refractivity contribution < 1.29 is 4.39 Å². The molecule has 1 saturated carbocycles. The van der Waals surface area contributed by atoms with Gasteiger partial charge in [0, 0.05) is 12.1 Å². The first-order chi connectivity index (χ1) is 8.44. The normalized spacial score (nSPS) is 17.6. The molecule has 0 aromatic heterocycles. The van der Waals surface area contributed by atoms with Crippen LogP contribution in [0.25, 0.3) is 0 Å². The Balaban J connectivity index is 2.08. The van der Waals surface area contributed by atoms with Crippen molar-refractivity contribution in [1.29, 1.82) is 0 Å². The molecule has 1 aliphatic rings. The number of likely N-dealkylation sites (N-methyl/N-ethyl adjacent to an activating group) is 1. The molecule has 0 atom stereocenters. The Kier molecular flexibility index (Phi) is 3.48. The number of aryl methyl sites for hydroxylation is 1. The molecule has 0 saturated heterocycles. The molecule has 0 amide bonds. The van der Waals surface area contributed by atoms with Gasteiger partial charge in [0.2, 0.25) is 0 Å². The fraction of sp³-hybridized carbons (Fsp3) is 0.571. The summed E-state index contributed by atoms with van der Waals surface area (Å²) in [5.41, 5.74) is 8.01. The molecule has 0 heterocycles. The molecule has 0 bridgehead atoms. The van der Waals surface area contributed by atoms with Crippen molar-refractivity contribution >= 4 is 11.4 Å². The molecule has 0 radical (unpaired) electrons. The Bertz CT molecular complexity index is 439. The van der Waals surface area contributed by atoms with Gasteiger partial charge in [0.15, 0.2) is 0 Å². The lowest BCUT2D eigenvalue weighted by atomic mass is 9.75. The highest BCUT2D eigenvalue weighted by atomic mass is 19.1. The molecular formula is C14H22FN3. The van der Waals surface area contributed by atoms with Gasteiger partial charge in [-0.3, -0.25) is 0 Å². The highest BCUT2D eigenvalue weighted by Gasteiger charge is 2.38. The zero-order valence-corrected chi connectivity index (χ0v) is 11.4. The topological polar surface area (TPSA) is 41.3 Å². The second kappa shape index (κ2) is 4.76. The summed E-state index contributed by atoms with van der Waals surface area (Å²) in [5, 5.41) is 3.37. The van der Waals surface area contributed by atoms with Gasteiger partial charge in [-0.1, -0.05) is 0 Å². The van der Waals surface area contributed by atoms with Crippen LogP contribution in [0, 0.1) is 12.7 Å². The van der Waals surface area contributed by atoms with E-state index in [4.69, 9.17) is 5.73 Å². The monoisotopic (exact) mass is 251 g/mol. The highest BCUT2D eigenvalue weighted by molar-refractivity contribution is 5.67. The van der Waals surface area contributed by atoms with E-state index in [9.17, 15) is 4.39 Å². The second-order valence-corrected chi connectivity index (χ2v) is 5.51. The lowest BCUT2D eigenvalue weighted by Gasteiger charge is -2.47. The van der Waals surface area contributed by atoms with Crippen molar-refractivity contribution in [3.05, 3.63) is 23.5 Å². The van der Waals surface area contributed by atoms with E-state index < -0.39 is 0 Å². The number of benzene rings is 1. The lowest BCUT2D eigenvalue weighted by Crippen LogP contribution is -2.54. The summed E-state index contributed by atoms with van der Waals surface area (Å²) in [7, 11) is 4.22. The van der Waals surface area contributed by atoms with E-state index in [1.807, 2.05) is 0 Å². The Morgan fingerprint density at radius 2 is 2.06 bits per heavy atom. The van der Waals surface area contributed by atoms with E-state index in [2.05, 4.69) is 24.3 Å². The van der Waals surface area contributed by atoms with E-state index >= 15 is 0 Å². The molecule has 100 valence electrons. The van der Waals surface area contributed by atoms with Gasteiger partial charge < -0.3 is 16.0 Å². The third kappa shape index (κ3) is 2.29. The first-order valence-electron chi connectivity index (χ1n) is 6.41. The van der Waals surface area contributed by atoms with Gasteiger partial charge >= 0.3 is 0 Å². The number of nitrogens with zero attached hydrogens (tertiary/aromatic N) is 1. The van der Waals surface area contributed by atoms with Crippen molar-refractivity contribution in [3.63, 3.8) is 0 Å². The predicted octanol–water partition coefficient (Wildman–Crippen LogP) is 2.61. The predicted molar refractivity (Wildman–Crippen MR) is 74.3 cm³/mol. The Hall–Kier alpha value is -1.29. The Labute approximate surface area is 108 Å². The maximum absolute atomic E-state index is 13.3. The van der Waals surface area contributed by atoms with Crippen LogP contribution in [0.3, 0.4) is 0 Å². The van der Waals surface area contributed by atoms with Crippen LogP contribution < -0.4 is 11.1 Å². The summed E-state index contributed by atoms with van der Waals surface area (Å²) in [6.07, 6.45) is 3.68. The minimum atomic E-state index is -0.246. The molecule has 3 N–H and O–H groups in total. The molecule has 4 heteroatoms. The SMILES string of the molecule is Cc1cc(NCC2(N(C)C)CCC2)c(N)cc1F. The summed E-state index contributed by atoms with van der Waals surface area (Å²) in [4.78, 5) is 2.27. The average molecular weight is 251 g/mol. The fourth-order valence-corrected chi connectivity index (χ4v) is 2.48. The fourth-order valence-electron chi connectivity index (χ4n) is 2.48. The van der Waals surface area contributed by atoms with Crippen LogP contribution in [0.1, 0.15) is 24.8 Å². The quantitative estimate of drug-likeness (QED) is 0.808. The maximum atomic E-state index is 13.3. The summed E-state index contributed by atoms with van der Waals surface area (Å²) in [6, 6.07) is 3.17. The van der Waals surface area contributed by atoms with Crippen LogP contribution in [-0.4, -0.2) is 31.1 Å². The van der Waals surface area contributed by atoms with Gasteiger partial charge in [-0.2, -0.15) is 0 Å². The van der Waals surface area contributed by atoms with E-state index in [0.29, 0.717) is 11.3 Å². The molecule has 1 aliphatic carbocycles. The number of halogens is 1. The first kappa shape index (κ1) is 13.1. The van der Waals surface area contributed by atoms with Gasteiger partial charge in [0.05, 0.1) is 11.4 Å². The second-order valence-electron chi connectivity index (χ2n) is 5.51. The first-order valence-corrected chi connectivity index (χ1v) is 6.41. The van der Waals surface area contributed by atoms with Crippen LogP contribution >= 0.6 is 0 Å². The third-order valence-electron chi connectivity index (χ3n) is 4.17. The van der Waals surface area contributed by atoms with Crippen molar-refractivity contribution in [3.8, 4) is 0 Å². The van der Waals surface area contributed by atoms with Gasteiger partial charge in [0.25, 0.3) is 0 Å². The zero-order valence-electron chi connectivity index (χ0n) is 11.4. The Morgan fingerprint density at radius 1 is 1.39 bits per heavy atom. The number of hydrogen-bond donors (Lipinski definition) is 2. The molecular weight excluding hydrogens is 229 g/mol. The maximum Gasteiger partial charge on any atom is 0.128 e. The van der Waals surface area contributed by atoms with Gasteiger partial charge in [-0.15, -0.1) is 0 Å². The van der Waals surface area contributed by atoms with Gasteiger partial charge in [-0.05, 0) is 58.0 Å². The molecule has 1 aromatic rings. The number of nitrogens with one attached hydrogen (secondary N) is 1. The number of anilines is 2. The van der Waals surface area contributed by atoms with E-state index in [1.54, 1.807) is 13.0 Å². The van der Waals surface area contributed by atoms with Crippen LogP contribution in [0.4, 0.5) is 15.8 Å². The standard InChI is InChI=1S/C14H22FN3/c1-10-7-13(12(16)8-11(10)15)17-9-14(18(2)3)5-4-6-14/h7-8,17H,4-6,9,16H2,1-3H3. The molecule has 2 rings (SSSR count). The van der Waals surface area contributed by atoms with Crippen LogP contribution in [0.5, 0.6) is 0 Å². The summed E-state index contributed by atoms with van der Waals surface area (Å²) < 4.78 is 13.3. The largest absolute Gasteiger partial charge is 0.397 e. The van der Waals surface area contributed by atoms with Crippen molar-refractivity contribution in [2.75, 3.05) is 31.7 Å². The van der Waals surface area contributed by atoms with E-state index in [1.165, 1.54) is 25.3 Å². The van der Waals surface area contributed by atoms with Crippen LogP contribution in [0.2, 0.25) is 0 Å². The number of hydrogen-bond acceptors (Lipinski definition) is 3. The number of nitrogen functional groups attached to an aromatic ring is 1. The van der Waals surface area contributed by atoms with Crippen molar-refractivity contribution in [2.24, 2.45) is 0 Å². The summed E-state index contributed by atoms with van der Waals surface area (Å²) in [6.45, 7) is 2.61. The number of rotatable bonds is 4. The lowest BCUT2D eigenvalue weighted by molar-refractivity contribution is 0.0739. The summed E-state index contributed by atoms with van der Waals surface area (Å²) >= 11 is 0. The highest BCUT2D eigenvalue weighted by Crippen LogP contribution is 2.36. The molecule has 18 heavy (non-hydrogen) atoms. The summed E-state index contributed by atoms with van der Waals surface area (Å²) in [5.74, 6) is -0.246. The Morgan fingerprint density at radius 3 is 2.56 bits per heavy atom. The minimum Gasteiger partial charge on any atom is -0.397 e. The molecule has 0 aliphatic heterocycles. The van der Waals surface area contributed by atoms with E-state index in [-0.39, 0.29) is 11.4 Å². The van der Waals surface area contributed by atoms with Crippen LogP contribution in [-0.2, 0) is 0 Å². The minimum absolute atomic E-state index is 0.231. The van der Waals surface area contributed by atoms with Crippen molar-refractivity contribution in [2.45, 2.75) is 31.7 Å². The number of nitrogens with two attached hydrogens (primary N) is 1.